The van der Waals surface area contributed by atoms with Gasteiger partial charge in [-0.05, 0) is 32.0 Å². The molecule has 0 saturated carbocycles. The zero-order chi connectivity index (χ0) is 17.9. The van der Waals surface area contributed by atoms with Gasteiger partial charge in [0, 0.05) is 36.3 Å². The van der Waals surface area contributed by atoms with Gasteiger partial charge in [0.15, 0.2) is 0 Å². The second kappa shape index (κ2) is 7.39. The number of carbonyl (C=O) groups excluding carboxylic acids is 1. The Bertz CT molecular complexity index is 888. The minimum atomic E-state index is 0.0166. The van der Waals surface area contributed by atoms with Crippen LogP contribution in [0.25, 0.3) is 16.3 Å². The molecule has 1 atom stereocenters. The number of piperidine rings is 1. The lowest BCUT2D eigenvalue weighted by molar-refractivity contribution is 0.0693. The molecule has 1 unspecified atom stereocenters. The Labute approximate surface area is 156 Å². The Hall–Kier alpha value is -2.51. The molecule has 0 spiro atoms. The van der Waals surface area contributed by atoms with Crippen LogP contribution in [0.15, 0.2) is 48.1 Å². The fourth-order valence-corrected chi connectivity index (χ4v) is 3.99. The summed E-state index contributed by atoms with van der Waals surface area (Å²) >= 11 is 1.48. The lowest BCUT2D eigenvalue weighted by Gasteiger charge is -2.32. The van der Waals surface area contributed by atoms with Gasteiger partial charge in [-0.15, -0.1) is 11.3 Å². The minimum absolute atomic E-state index is 0.0166. The number of thiazole rings is 1. The molecule has 4 rings (SSSR count). The van der Waals surface area contributed by atoms with Crippen LogP contribution < -0.4 is 5.32 Å². The van der Waals surface area contributed by atoms with Gasteiger partial charge in [-0.2, -0.15) is 5.10 Å². The van der Waals surface area contributed by atoms with E-state index in [0.717, 1.165) is 42.2 Å². The second-order valence-electron chi connectivity index (χ2n) is 6.43. The molecular weight excluding hydrogens is 346 g/mol. The number of aromatic nitrogens is 3. The fraction of sp³-hybridized carbons (Fsp3) is 0.316. The van der Waals surface area contributed by atoms with Crippen LogP contribution in [-0.2, 0) is 0 Å². The summed E-state index contributed by atoms with van der Waals surface area (Å²) in [6.07, 6.45) is 5.87. The van der Waals surface area contributed by atoms with Gasteiger partial charge < -0.3 is 10.2 Å². The number of hydrogen-bond donors (Lipinski definition) is 1. The molecule has 7 heteroatoms. The van der Waals surface area contributed by atoms with Gasteiger partial charge in [-0.1, -0.05) is 18.2 Å². The van der Waals surface area contributed by atoms with Crippen LogP contribution >= 0.6 is 11.3 Å². The fourth-order valence-electron chi connectivity index (χ4n) is 3.22. The Morgan fingerprint density at radius 1 is 1.31 bits per heavy atom. The highest BCUT2D eigenvalue weighted by molar-refractivity contribution is 7.13. The van der Waals surface area contributed by atoms with E-state index >= 15 is 0 Å². The van der Waals surface area contributed by atoms with E-state index in [9.17, 15) is 4.79 Å². The lowest BCUT2D eigenvalue weighted by Crippen LogP contribution is -2.47. The van der Waals surface area contributed by atoms with E-state index in [1.165, 1.54) is 11.3 Å². The Morgan fingerprint density at radius 2 is 2.15 bits per heavy atom. The topological polar surface area (TPSA) is 63.1 Å². The second-order valence-corrected chi connectivity index (χ2v) is 7.28. The first-order chi connectivity index (χ1) is 12.7. The molecule has 0 bridgehead atoms. The van der Waals surface area contributed by atoms with E-state index in [1.54, 1.807) is 6.20 Å². The van der Waals surface area contributed by atoms with Gasteiger partial charge >= 0.3 is 0 Å². The number of likely N-dealkylation sites (N-methyl/N-ethyl adjacent to an activating group) is 1. The lowest BCUT2D eigenvalue weighted by atomic mass is 10.1. The number of para-hydroxylation sites is 1. The molecule has 0 aliphatic carbocycles. The third kappa shape index (κ3) is 3.40. The van der Waals surface area contributed by atoms with Crippen molar-refractivity contribution >= 4 is 17.2 Å². The molecule has 0 radical (unpaired) electrons. The standard InChI is InChI=1S/C19H21N5OS/c1-20-15-6-5-9-23(12-15)19(25)17-13-26-18(22-17)14-10-21-24(11-14)16-7-3-2-4-8-16/h2-4,7-8,10-11,13,15,20H,5-6,9,12H2,1H3. The third-order valence-electron chi connectivity index (χ3n) is 4.69. The molecular formula is C19H21N5OS. The molecule has 1 aromatic carbocycles. The molecule has 1 amide bonds. The number of carbonyl (C=O) groups is 1. The van der Waals surface area contributed by atoms with Gasteiger partial charge in [-0.3, -0.25) is 4.79 Å². The van der Waals surface area contributed by atoms with Crippen molar-refractivity contribution in [3.05, 3.63) is 53.8 Å². The van der Waals surface area contributed by atoms with Crippen molar-refractivity contribution < 1.29 is 4.79 Å². The van der Waals surface area contributed by atoms with Crippen LogP contribution in [0, 0.1) is 0 Å². The van der Waals surface area contributed by atoms with Gasteiger partial charge in [-0.25, -0.2) is 9.67 Å². The molecule has 1 N–H and O–H groups in total. The maximum atomic E-state index is 12.8. The maximum absolute atomic E-state index is 12.8. The SMILES string of the molecule is CNC1CCCN(C(=O)c2csc(-c3cnn(-c4ccccc4)c3)n2)C1. The summed E-state index contributed by atoms with van der Waals surface area (Å²) in [7, 11) is 1.95. The van der Waals surface area contributed by atoms with Crippen LogP contribution in [0.3, 0.4) is 0 Å². The van der Waals surface area contributed by atoms with Gasteiger partial charge in [0.05, 0.1) is 11.9 Å². The zero-order valence-electron chi connectivity index (χ0n) is 14.6. The van der Waals surface area contributed by atoms with E-state index < -0.39 is 0 Å². The summed E-state index contributed by atoms with van der Waals surface area (Å²) in [6.45, 7) is 1.55. The van der Waals surface area contributed by atoms with Crippen LogP contribution in [0.1, 0.15) is 23.3 Å². The predicted octanol–water partition coefficient (Wildman–Crippen LogP) is 2.82. The molecule has 3 heterocycles. The number of nitrogens with one attached hydrogen (secondary N) is 1. The van der Waals surface area contributed by atoms with Crippen LogP contribution in [0.4, 0.5) is 0 Å². The number of benzene rings is 1. The monoisotopic (exact) mass is 367 g/mol. The first-order valence-corrected chi connectivity index (χ1v) is 9.65. The normalized spacial score (nSPS) is 17.4. The van der Waals surface area contributed by atoms with Crippen LogP contribution in [-0.4, -0.2) is 51.8 Å². The van der Waals surface area contributed by atoms with Gasteiger partial charge in [0.1, 0.15) is 10.7 Å². The minimum Gasteiger partial charge on any atom is -0.336 e. The van der Waals surface area contributed by atoms with E-state index in [4.69, 9.17) is 0 Å². The van der Waals surface area contributed by atoms with E-state index in [0.29, 0.717) is 11.7 Å². The quantitative estimate of drug-likeness (QED) is 0.770. The first-order valence-electron chi connectivity index (χ1n) is 8.77. The van der Waals surface area contributed by atoms with Crippen molar-refractivity contribution in [1.29, 1.82) is 0 Å². The third-order valence-corrected chi connectivity index (χ3v) is 5.58. The number of amides is 1. The highest BCUT2D eigenvalue weighted by atomic mass is 32.1. The molecule has 1 aliphatic heterocycles. The average molecular weight is 367 g/mol. The number of nitrogens with zero attached hydrogens (tertiary/aromatic N) is 4. The molecule has 6 nitrogen and oxygen atoms in total. The van der Waals surface area contributed by atoms with Crippen molar-refractivity contribution in [2.75, 3.05) is 20.1 Å². The highest BCUT2D eigenvalue weighted by Gasteiger charge is 2.25. The first kappa shape index (κ1) is 16.9. The highest BCUT2D eigenvalue weighted by Crippen LogP contribution is 2.25. The van der Waals surface area contributed by atoms with Crippen molar-refractivity contribution in [3.63, 3.8) is 0 Å². The predicted molar refractivity (Wildman–Crippen MR) is 103 cm³/mol. The van der Waals surface area contributed by atoms with Gasteiger partial charge in [0.25, 0.3) is 5.91 Å². The molecule has 134 valence electrons. The summed E-state index contributed by atoms with van der Waals surface area (Å²) in [5.74, 6) is 0.0166. The maximum Gasteiger partial charge on any atom is 0.273 e. The van der Waals surface area contributed by atoms with Crippen LogP contribution in [0.5, 0.6) is 0 Å². The van der Waals surface area contributed by atoms with Crippen molar-refractivity contribution in [2.24, 2.45) is 0 Å². The summed E-state index contributed by atoms with van der Waals surface area (Å²) < 4.78 is 1.82. The Balaban J connectivity index is 1.51. The smallest absolute Gasteiger partial charge is 0.273 e. The van der Waals surface area contributed by atoms with E-state index in [2.05, 4.69) is 15.4 Å². The number of likely N-dealkylation sites (tertiary alicyclic amines) is 1. The molecule has 3 aromatic rings. The zero-order valence-corrected chi connectivity index (χ0v) is 15.4. The van der Waals surface area contributed by atoms with E-state index in [-0.39, 0.29) is 5.91 Å². The Morgan fingerprint density at radius 3 is 2.96 bits per heavy atom. The largest absolute Gasteiger partial charge is 0.336 e. The summed E-state index contributed by atoms with van der Waals surface area (Å²) in [4.78, 5) is 19.2. The van der Waals surface area contributed by atoms with Crippen molar-refractivity contribution in [2.45, 2.75) is 18.9 Å². The molecule has 2 aromatic heterocycles. The van der Waals surface area contributed by atoms with Crippen LogP contribution in [0.2, 0.25) is 0 Å². The summed E-state index contributed by atoms with van der Waals surface area (Å²) in [6, 6.07) is 10.3. The number of hydrogen-bond acceptors (Lipinski definition) is 5. The molecule has 1 aliphatic rings. The molecule has 26 heavy (non-hydrogen) atoms. The number of rotatable bonds is 4. The molecule has 1 fully saturated rings. The summed E-state index contributed by atoms with van der Waals surface area (Å²) in [5.41, 5.74) is 2.44. The van der Waals surface area contributed by atoms with Gasteiger partial charge in [0.2, 0.25) is 0 Å². The van der Waals surface area contributed by atoms with Crippen molar-refractivity contribution in [1.82, 2.24) is 25.0 Å². The average Bonchev–Trinajstić information content (AvgIpc) is 3.38. The van der Waals surface area contributed by atoms with E-state index in [1.807, 2.05) is 58.5 Å². The van der Waals surface area contributed by atoms with Crippen molar-refractivity contribution in [3.8, 4) is 16.3 Å². The Kier molecular flexibility index (Phi) is 4.81. The summed E-state index contributed by atoms with van der Waals surface area (Å²) in [5, 5.41) is 10.3. The molecule has 1 saturated heterocycles.